The van der Waals surface area contributed by atoms with Crippen molar-refractivity contribution in [3.05, 3.63) is 57.6 Å². The average molecular weight is 336 g/mol. The molecule has 0 aliphatic carbocycles. The van der Waals surface area contributed by atoms with E-state index in [1.807, 2.05) is 44.2 Å². The number of aryl methyl sites for hydroxylation is 1. The fraction of sp³-hybridized carbons (Fsp3) is 0.133. The van der Waals surface area contributed by atoms with Crippen molar-refractivity contribution in [1.29, 1.82) is 0 Å². The van der Waals surface area contributed by atoms with E-state index in [4.69, 9.17) is 0 Å². The van der Waals surface area contributed by atoms with Gasteiger partial charge in [-0.3, -0.25) is 4.79 Å². The smallest absolute Gasteiger partial charge is 0.255 e. The predicted octanol–water partition coefficient (Wildman–Crippen LogP) is 4.61. The van der Waals surface area contributed by atoms with Gasteiger partial charge in [-0.05, 0) is 49.2 Å². The Hall–Kier alpha value is -1.26. The standard InChI is InChI=1S/C15H14BrNOS/c1-9-6-7-11(19)8-12(9)15(18)17-14-5-3-4-13(16)10(14)2/h3-8,19H,1-2H3,(H,17,18). The number of thiol groups is 1. The van der Waals surface area contributed by atoms with Crippen LogP contribution in [-0.2, 0) is 0 Å². The lowest BCUT2D eigenvalue weighted by Gasteiger charge is -2.11. The molecule has 0 unspecified atom stereocenters. The van der Waals surface area contributed by atoms with Gasteiger partial charge >= 0.3 is 0 Å². The summed E-state index contributed by atoms with van der Waals surface area (Å²) in [7, 11) is 0. The van der Waals surface area contributed by atoms with E-state index in [1.165, 1.54) is 0 Å². The van der Waals surface area contributed by atoms with Crippen molar-refractivity contribution in [2.24, 2.45) is 0 Å². The molecule has 0 aromatic heterocycles. The van der Waals surface area contributed by atoms with Gasteiger partial charge in [0.15, 0.2) is 0 Å². The second-order valence-corrected chi connectivity index (χ2v) is 5.74. The Kier molecular flexibility index (Phi) is 4.32. The van der Waals surface area contributed by atoms with Crippen molar-refractivity contribution < 1.29 is 4.79 Å². The second-order valence-electron chi connectivity index (χ2n) is 4.37. The Balaban J connectivity index is 2.31. The zero-order valence-corrected chi connectivity index (χ0v) is 13.2. The Morgan fingerprint density at radius 3 is 2.68 bits per heavy atom. The van der Waals surface area contributed by atoms with Gasteiger partial charge in [0.25, 0.3) is 5.91 Å². The number of carbonyl (C=O) groups excluding carboxylic acids is 1. The fourth-order valence-electron chi connectivity index (χ4n) is 1.79. The number of nitrogens with one attached hydrogen (secondary N) is 1. The van der Waals surface area contributed by atoms with Gasteiger partial charge in [-0.2, -0.15) is 0 Å². The van der Waals surface area contributed by atoms with Crippen LogP contribution in [0, 0.1) is 13.8 Å². The maximum Gasteiger partial charge on any atom is 0.255 e. The molecule has 0 aliphatic rings. The van der Waals surface area contributed by atoms with Gasteiger partial charge in [-0.25, -0.2) is 0 Å². The number of hydrogen-bond acceptors (Lipinski definition) is 2. The van der Waals surface area contributed by atoms with Crippen LogP contribution in [0.5, 0.6) is 0 Å². The van der Waals surface area contributed by atoms with E-state index in [-0.39, 0.29) is 5.91 Å². The number of carbonyl (C=O) groups is 1. The molecule has 2 aromatic rings. The van der Waals surface area contributed by atoms with Crippen LogP contribution in [0.25, 0.3) is 0 Å². The van der Waals surface area contributed by atoms with Crippen LogP contribution in [-0.4, -0.2) is 5.91 Å². The molecule has 0 bridgehead atoms. The van der Waals surface area contributed by atoms with Crippen LogP contribution in [0.2, 0.25) is 0 Å². The summed E-state index contributed by atoms with van der Waals surface area (Å²) >= 11 is 7.73. The van der Waals surface area contributed by atoms with E-state index >= 15 is 0 Å². The lowest BCUT2D eigenvalue weighted by Crippen LogP contribution is -2.14. The first-order valence-electron chi connectivity index (χ1n) is 5.85. The van der Waals surface area contributed by atoms with Gasteiger partial charge in [0, 0.05) is 20.6 Å². The fourth-order valence-corrected chi connectivity index (χ4v) is 2.36. The summed E-state index contributed by atoms with van der Waals surface area (Å²) in [4.78, 5) is 13.1. The van der Waals surface area contributed by atoms with Crippen LogP contribution in [0.3, 0.4) is 0 Å². The Bertz CT molecular complexity index is 640. The highest BCUT2D eigenvalue weighted by molar-refractivity contribution is 9.10. The monoisotopic (exact) mass is 335 g/mol. The molecule has 0 radical (unpaired) electrons. The zero-order chi connectivity index (χ0) is 14.0. The highest BCUT2D eigenvalue weighted by Crippen LogP contribution is 2.24. The molecular weight excluding hydrogens is 322 g/mol. The third-order valence-corrected chi connectivity index (χ3v) is 4.12. The molecule has 98 valence electrons. The van der Waals surface area contributed by atoms with Crippen molar-refractivity contribution in [2.45, 2.75) is 18.7 Å². The molecule has 0 aliphatic heterocycles. The molecule has 2 nitrogen and oxygen atoms in total. The maximum atomic E-state index is 12.3. The first kappa shape index (κ1) is 14.2. The van der Waals surface area contributed by atoms with Crippen molar-refractivity contribution in [2.75, 3.05) is 5.32 Å². The number of amides is 1. The molecule has 0 atom stereocenters. The summed E-state index contributed by atoms with van der Waals surface area (Å²) < 4.78 is 0.977. The van der Waals surface area contributed by atoms with Crippen molar-refractivity contribution >= 4 is 40.2 Å². The highest BCUT2D eigenvalue weighted by atomic mass is 79.9. The van der Waals surface area contributed by atoms with Gasteiger partial charge < -0.3 is 5.32 Å². The van der Waals surface area contributed by atoms with Crippen molar-refractivity contribution in [1.82, 2.24) is 0 Å². The summed E-state index contributed by atoms with van der Waals surface area (Å²) in [5, 5.41) is 2.93. The Morgan fingerprint density at radius 2 is 1.95 bits per heavy atom. The molecule has 2 rings (SSSR count). The van der Waals surface area contributed by atoms with Crippen molar-refractivity contribution in [3.63, 3.8) is 0 Å². The maximum absolute atomic E-state index is 12.3. The Labute approximate surface area is 126 Å². The SMILES string of the molecule is Cc1ccc(S)cc1C(=O)Nc1cccc(Br)c1C. The number of anilines is 1. The molecule has 0 heterocycles. The third-order valence-electron chi connectivity index (χ3n) is 2.98. The van der Waals surface area contributed by atoms with Crippen LogP contribution in [0.15, 0.2) is 45.8 Å². The van der Waals surface area contributed by atoms with E-state index < -0.39 is 0 Å². The van der Waals surface area contributed by atoms with Gasteiger partial charge in [0.2, 0.25) is 0 Å². The summed E-state index contributed by atoms with van der Waals surface area (Å²) in [6.07, 6.45) is 0. The molecule has 4 heteroatoms. The minimum absolute atomic E-state index is 0.116. The van der Waals surface area contributed by atoms with Crippen molar-refractivity contribution in [3.8, 4) is 0 Å². The number of benzene rings is 2. The molecule has 1 N–H and O–H groups in total. The summed E-state index contributed by atoms with van der Waals surface area (Å²) in [6.45, 7) is 3.87. The van der Waals surface area contributed by atoms with E-state index in [0.717, 1.165) is 26.2 Å². The van der Waals surface area contributed by atoms with E-state index in [2.05, 4.69) is 33.9 Å². The second kappa shape index (κ2) is 5.80. The quantitative estimate of drug-likeness (QED) is 0.771. The van der Waals surface area contributed by atoms with E-state index in [1.54, 1.807) is 6.07 Å². The van der Waals surface area contributed by atoms with E-state index in [9.17, 15) is 4.79 Å². The minimum atomic E-state index is -0.116. The van der Waals surface area contributed by atoms with Gasteiger partial charge in [0.05, 0.1) is 0 Å². The largest absolute Gasteiger partial charge is 0.322 e. The summed E-state index contributed by atoms with van der Waals surface area (Å²) in [5.41, 5.74) is 3.40. The topological polar surface area (TPSA) is 29.1 Å². The molecular formula is C15H14BrNOS. The first-order chi connectivity index (χ1) is 8.99. The van der Waals surface area contributed by atoms with Crippen LogP contribution in [0.1, 0.15) is 21.5 Å². The predicted molar refractivity (Wildman–Crippen MR) is 85.3 cm³/mol. The molecule has 2 aromatic carbocycles. The Morgan fingerprint density at radius 1 is 1.21 bits per heavy atom. The molecule has 0 saturated carbocycles. The van der Waals surface area contributed by atoms with Gasteiger partial charge in [-0.15, -0.1) is 12.6 Å². The number of rotatable bonds is 2. The number of hydrogen-bond donors (Lipinski definition) is 2. The molecule has 0 saturated heterocycles. The average Bonchev–Trinajstić information content (AvgIpc) is 2.38. The normalized spacial score (nSPS) is 10.3. The lowest BCUT2D eigenvalue weighted by atomic mass is 10.1. The molecule has 0 fully saturated rings. The summed E-state index contributed by atoms with van der Waals surface area (Å²) in [5.74, 6) is -0.116. The zero-order valence-electron chi connectivity index (χ0n) is 10.7. The number of halogens is 1. The summed E-state index contributed by atoms with van der Waals surface area (Å²) in [6, 6.07) is 11.3. The molecule has 19 heavy (non-hydrogen) atoms. The van der Waals surface area contributed by atoms with Crippen LogP contribution >= 0.6 is 28.6 Å². The van der Waals surface area contributed by atoms with Crippen LogP contribution < -0.4 is 5.32 Å². The van der Waals surface area contributed by atoms with E-state index in [0.29, 0.717) is 5.56 Å². The third kappa shape index (κ3) is 3.19. The lowest BCUT2D eigenvalue weighted by molar-refractivity contribution is 0.102. The van der Waals surface area contributed by atoms with Crippen LogP contribution in [0.4, 0.5) is 5.69 Å². The first-order valence-corrected chi connectivity index (χ1v) is 7.09. The minimum Gasteiger partial charge on any atom is -0.322 e. The molecule has 1 amide bonds. The van der Waals surface area contributed by atoms with Gasteiger partial charge in [0.1, 0.15) is 0 Å². The molecule has 0 spiro atoms. The highest BCUT2D eigenvalue weighted by Gasteiger charge is 2.11. The van der Waals surface area contributed by atoms with Gasteiger partial charge in [-0.1, -0.05) is 28.1 Å².